The highest BCUT2D eigenvalue weighted by atomic mass is 16.5. The number of carbonyl (C=O) groups excluding carboxylic acids is 1. The van der Waals surface area contributed by atoms with E-state index in [-0.39, 0.29) is 12.0 Å². The van der Waals surface area contributed by atoms with Gasteiger partial charge >= 0.3 is 0 Å². The molecule has 3 aromatic rings. The number of nitrogens with one attached hydrogen (secondary N) is 2. The molecule has 2 N–H and O–H groups in total. The lowest BCUT2D eigenvalue weighted by atomic mass is 10.1. The van der Waals surface area contributed by atoms with Crippen LogP contribution in [0.5, 0.6) is 5.75 Å². The van der Waals surface area contributed by atoms with Gasteiger partial charge in [0.05, 0.1) is 23.8 Å². The molecule has 6 heteroatoms. The second-order valence-corrected chi connectivity index (χ2v) is 6.01. The summed E-state index contributed by atoms with van der Waals surface area (Å²) in [7, 11) is 1.58. The lowest BCUT2D eigenvalue weighted by Gasteiger charge is -2.14. The molecule has 0 radical (unpaired) electrons. The van der Waals surface area contributed by atoms with Gasteiger partial charge in [0.2, 0.25) is 0 Å². The van der Waals surface area contributed by atoms with Crippen LogP contribution in [0.25, 0.3) is 22.4 Å². The molecule has 0 unspecified atom stereocenters. The number of carbonyl (C=O) groups is 1. The topological polar surface area (TPSA) is 76.2 Å². The number of H-pyrrole nitrogens is 1. The van der Waals surface area contributed by atoms with Crippen molar-refractivity contribution in [3.05, 3.63) is 42.5 Å². The minimum absolute atomic E-state index is 0.141. The maximum atomic E-state index is 12.4. The van der Waals surface area contributed by atoms with Crippen LogP contribution in [0.1, 0.15) is 12.8 Å². The number of hydrogen-bond acceptors (Lipinski definition) is 4. The second kappa shape index (κ2) is 6.57. The number of fused-ring (bicyclic) bond motifs is 1. The summed E-state index contributed by atoms with van der Waals surface area (Å²) in [5.74, 6) is 1.21. The molecule has 1 aliphatic rings. The van der Waals surface area contributed by atoms with E-state index in [0.29, 0.717) is 18.0 Å². The summed E-state index contributed by atoms with van der Waals surface area (Å²) in [6.45, 7) is 0.633. The molecule has 0 aliphatic carbocycles. The fourth-order valence-corrected chi connectivity index (χ4v) is 3.04. The Morgan fingerprint density at radius 1 is 1.32 bits per heavy atom. The third-order valence-electron chi connectivity index (χ3n) is 4.34. The lowest BCUT2D eigenvalue weighted by Crippen LogP contribution is -2.27. The molecule has 0 bridgehead atoms. The number of rotatable bonds is 4. The van der Waals surface area contributed by atoms with Crippen LogP contribution in [-0.4, -0.2) is 35.7 Å². The summed E-state index contributed by atoms with van der Waals surface area (Å²) in [5, 5.41) is 2.92. The first kappa shape index (κ1) is 15.7. The van der Waals surface area contributed by atoms with Crippen LogP contribution < -0.4 is 10.1 Å². The Bertz CT molecular complexity index is 880. The predicted octanol–water partition coefficient (Wildman–Crippen LogP) is 3.36. The fraction of sp³-hybridized carbons (Fsp3) is 0.263. The van der Waals surface area contributed by atoms with Gasteiger partial charge in [-0.15, -0.1) is 0 Å². The molecule has 1 aromatic heterocycles. The monoisotopic (exact) mass is 337 g/mol. The SMILES string of the molecule is COc1ccc(-c2nc3ccccc3[nH]2)cc1NC(=O)[C@@H]1CCCO1. The van der Waals surface area contributed by atoms with Gasteiger partial charge < -0.3 is 19.8 Å². The summed E-state index contributed by atoms with van der Waals surface area (Å²) in [6.07, 6.45) is 1.27. The largest absolute Gasteiger partial charge is 0.495 e. The average Bonchev–Trinajstić information content (AvgIpc) is 3.31. The predicted molar refractivity (Wildman–Crippen MR) is 95.7 cm³/mol. The van der Waals surface area contributed by atoms with Gasteiger partial charge in [0.15, 0.2) is 0 Å². The van der Waals surface area contributed by atoms with Crippen LogP contribution in [0, 0.1) is 0 Å². The van der Waals surface area contributed by atoms with Gasteiger partial charge in [-0.3, -0.25) is 4.79 Å². The minimum atomic E-state index is -0.389. The average molecular weight is 337 g/mol. The lowest BCUT2D eigenvalue weighted by molar-refractivity contribution is -0.124. The number of hydrogen-bond donors (Lipinski definition) is 2. The highest BCUT2D eigenvalue weighted by Crippen LogP contribution is 2.31. The van der Waals surface area contributed by atoms with Crippen molar-refractivity contribution >= 4 is 22.6 Å². The molecule has 4 rings (SSSR count). The number of ether oxygens (including phenoxy) is 2. The first-order valence-electron chi connectivity index (χ1n) is 8.30. The zero-order chi connectivity index (χ0) is 17.2. The molecule has 1 saturated heterocycles. The Hall–Kier alpha value is -2.86. The summed E-state index contributed by atoms with van der Waals surface area (Å²) in [4.78, 5) is 20.3. The van der Waals surface area contributed by atoms with Crippen molar-refractivity contribution in [2.45, 2.75) is 18.9 Å². The Labute approximate surface area is 145 Å². The number of nitrogens with zero attached hydrogens (tertiary/aromatic N) is 1. The van der Waals surface area contributed by atoms with Crippen LogP contribution in [-0.2, 0) is 9.53 Å². The van der Waals surface area contributed by atoms with Gasteiger partial charge in [0.1, 0.15) is 17.7 Å². The molecule has 1 fully saturated rings. The van der Waals surface area contributed by atoms with Crippen molar-refractivity contribution in [1.29, 1.82) is 0 Å². The number of methoxy groups -OCH3 is 1. The van der Waals surface area contributed by atoms with E-state index >= 15 is 0 Å². The number of imidazole rings is 1. The van der Waals surface area contributed by atoms with E-state index in [1.54, 1.807) is 7.11 Å². The van der Waals surface area contributed by atoms with Gasteiger partial charge in [-0.2, -0.15) is 0 Å². The third kappa shape index (κ3) is 3.08. The molecule has 0 spiro atoms. The quantitative estimate of drug-likeness (QED) is 0.765. The van der Waals surface area contributed by atoms with Crippen molar-refractivity contribution in [3.8, 4) is 17.1 Å². The van der Waals surface area contributed by atoms with Crippen LogP contribution in [0.4, 0.5) is 5.69 Å². The minimum Gasteiger partial charge on any atom is -0.495 e. The van der Waals surface area contributed by atoms with E-state index in [9.17, 15) is 4.79 Å². The summed E-state index contributed by atoms with van der Waals surface area (Å²) in [6, 6.07) is 13.5. The molecule has 6 nitrogen and oxygen atoms in total. The second-order valence-electron chi connectivity index (χ2n) is 6.01. The zero-order valence-electron chi connectivity index (χ0n) is 13.9. The molecular formula is C19H19N3O3. The van der Waals surface area contributed by atoms with Crippen molar-refractivity contribution in [2.75, 3.05) is 19.0 Å². The highest BCUT2D eigenvalue weighted by molar-refractivity contribution is 5.96. The number of aromatic amines is 1. The van der Waals surface area contributed by atoms with Gasteiger partial charge in [0.25, 0.3) is 5.91 Å². The summed E-state index contributed by atoms with van der Waals surface area (Å²) < 4.78 is 10.8. The third-order valence-corrected chi connectivity index (χ3v) is 4.34. The highest BCUT2D eigenvalue weighted by Gasteiger charge is 2.24. The van der Waals surface area contributed by atoms with Gasteiger partial charge in [-0.25, -0.2) is 4.98 Å². The molecule has 2 heterocycles. The fourth-order valence-electron chi connectivity index (χ4n) is 3.04. The van der Waals surface area contributed by atoms with Crippen LogP contribution >= 0.6 is 0 Å². The number of aromatic nitrogens is 2. The van der Waals surface area contributed by atoms with Crippen molar-refractivity contribution in [2.24, 2.45) is 0 Å². The number of para-hydroxylation sites is 2. The van der Waals surface area contributed by atoms with Crippen molar-refractivity contribution in [3.63, 3.8) is 0 Å². The van der Waals surface area contributed by atoms with E-state index < -0.39 is 0 Å². The smallest absolute Gasteiger partial charge is 0.253 e. The Morgan fingerprint density at radius 3 is 2.96 bits per heavy atom. The number of benzene rings is 2. The van der Waals surface area contributed by atoms with E-state index in [4.69, 9.17) is 9.47 Å². The molecular weight excluding hydrogens is 318 g/mol. The molecule has 1 amide bonds. The maximum Gasteiger partial charge on any atom is 0.253 e. The van der Waals surface area contributed by atoms with Gasteiger partial charge in [-0.05, 0) is 43.2 Å². The molecule has 1 aliphatic heterocycles. The molecule has 2 aromatic carbocycles. The Balaban J connectivity index is 1.66. The van der Waals surface area contributed by atoms with Crippen molar-refractivity contribution in [1.82, 2.24) is 9.97 Å². The normalized spacial score (nSPS) is 16.9. The summed E-state index contributed by atoms with van der Waals surface area (Å²) >= 11 is 0. The first-order chi connectivity index (χ1) is 12.2. The van der Waals surface area contributed by atoms with E-state index in [1.165, 1.54) is 0 Å². The standard InChI is InChI=1S/C19H19N3O3/c1-24-16-9-8-12(18-20-13-5-2-3-6-14(13)21-18)11-15(16)22-19(23)17-7-4-10-25-17/h2-3,5-6,8-9,11,17H,4,7,10H2,1H3,(H,20,21)(H,22,23)/t17-/m0/s1. The zero-order valence-corrected chi connectivity index (χ0v) is 13.9. The molecule has 0 saturated carbocycles. The van der Waals surface area contributed by atoms with Gasteiger partial charge in [-0.1, -0.05) is 12.1 Å². The Kier molecular flexibility index (Phi) is 4.11. The van der Waals surface area contributed by atoms with E-state index in [1.807, 2.05) is 42.5 Å². The van der Waals surface area contributed by atoms with Gasteiger partial charge in [0, 0.05) is 12.2 Å². The van der Waals surface area contributed by atoms with E-state index in [2.05, 4.69) is 15.3 Å². The first-order valence-corrected chi connectivity index (χ1v) is 8.30. The number of anilines is 1. The van der Waals surface area contributed by atoms with Crippen molar-refractivity contribution < 1.29 is 14.3 Å². The van der Waals surface area contributed by atoms with Crippen LogP contribution in [0.15, 0.2) is 42.5 Å². The van der Waals surface area contributed by atoms with E-state index in [0.717, 1.165) is 35.3 Å². The van der Waals surface area contributed by atoms with Crippen LogP contribution in [0.3, 0.4) is 0 Å². The molecule has 1 atom stereocenters. The van der Waals surface area contributed by atoms with Crippen LogP contribution in [0.2, 0.25) is 0 Å². The summed E-state index contributed by atoms with van der Waals surface area (Å²) in [5.41, 5.74) is 3.36. The number of amides is 1. The Morgan fingerprint density at radius 2 is 2.20 bits per heavy atom. The molecule has 128 valence electrons. The maximum absolute atomic E-state index is 12.4. The molecule has 25 heavy (non-hydrogen) atoms.